The Labute approximate surface area is 82.2 Å². The van der Waals surface area contributed by atoms with Crippen LogP contribution in [0.1, 0.15) is 17.4 Å². The number of aryl methyl sites for hydroxylation is 1. The second-order valence-electron chi connectivity index (χ2n) is 3.14. The minimum atomic E-state index is -0.890. The molecule has 1 atom stereocenters. The number of hydrogen-bond acceptors (Lipinski definition) is 2. The van der Waals surface area contributed by atoms with Crippen LogP contribution >= 0.6 is 0 Å². The van der Waals surface area contributed by atoms with Crippen molar-refractivity contribution in [2.75, 3.05) is 0 Å². The van der Waals surface area contributed by atoms with Crippen LogP contribution in [0.5, 0.6) is 0 Å². The van der Waals surface area contributed by atoms with E-state index in [1.54, 1.807) is 6.92 Å². The summed E-state index contributed by atoms with van der Waals surface area (Å²) in [6.45, 7) is 1.80. The molecule has 0 saturated heterocycles. The summed E-state index contributed by atoms with van der Waals surface area (Å²) in [5.41, 5.74) is 1.46. The summed E-state index contributed by atoms with van der Waals surface area (Å²) in [5, 5.41) is 10.5. The first kappa shape index (κ1) is 8.86. The Morgan fingerprint density at radius 2 is 2.14 bits per heavy atom. The zero-order valence-electron chi connectivity index (χ0n) is 7.82. The molecule has 1 aromatic heterocycles. The predicted octanol–water partition coefficient (Wildman–Crippen LogP) is 2.41. The van der Waals surface area contributed by atoms with Gasteiger partial charge in [-0.3, -0.25) is 0 Å². The van der Waals surface area contributed by atoms with Crippen LogP contribution in [0.15, 0.2) is 28.7 Å². The smallest absolute Gasteiger partial charge is 0.143 e. The zero-order chi connectivity index (χ0) is 10.1. The number of furan rings is 1. The number of aliphatic hydroxyl groups is 1. The summed E-state index contributed by atoms with van der Waals surface area (Å²) in [5.74, 6) is 2.97. The standard InChI is InChI=1S/C12H10O2/c1-3-10(13)12-8(2)14-11-7-5-4-6-9(11)12/h1,4-7,10,13H,2H3. The van der Waals surface area contributed by atoms with Gasteiger partial charge in [-0.1, -0.05) is 24.1 Å². The highest BCUT2D eigenvalue weighted by Gasteiger charge is 2.15. The van der Waals surface area contributed by atoms with Gasteiger partial charge in [-0.05, 0) is 13.0 Å². The van der Waals surface area contributed by atoms with Gasteiger partial charge in [0.05, 0.1) is 0 Å². The Bertz CT molecular complexity index is 503. The molecule has 0 aliphatic rings. The minimum absolute atomic E-state index is 0.677. The third kappa shape index (κ3) is 1.19. The molecule has 0 saturated carbocycles. The lowest BCUT2D eigenvalue weighted by atomic mass is 10.1. The maximum absolute atomic E-state index is 9.60. The fourth-order valence-corrected chi connectivity index (χ4v) is 1.61. The summed E-state index contributed by atoms with van der Waals surface area (Å²) in [6, 6.07) is 7.53. The van der Waals surface area contributed by atoms with Crippen LogP contribution in [0.4, 0.5) is 0 Å². The number of rotatable bonds is 1. The summed E-state index contributed by atoms with van der Waals surface area (Å²) in [4.78, 5) is 0. The molecule has 1 N–H and O–H groups in total. The van der Waals surface area contributed by atoms with Gasteiger partial charge in [0.2, 0.25) is 0 Å². The normalized spacial score (nSPS) is 12.6. The van der Waals surface area contributed by atoms with Gasteiger partial charge in [-0.15, -0.1) is 6.42 Å². The van der Waals surface area contributed by atoms with E-state index in [9.17, 15) is 5.11 Å². The zero-order valence-corrected chi connectivity index (χ0v) is 7.82. The van der Waals surface area contributed by atoms with Gasteiger partial charge in [-0.25, -0.2) is 0 Å². The number of fused-ring (bicyclic) bond motifs is 1. The second-order valence-corrected chi connectivity index (χ2v) is 3.14. The Hall–Kier alpha value is -1.72. The van der Waals surface area contributed by atoms with E-state index in [4.69, 9.17) is 10.8 Å². The molecule has 0 spiro atoms. The van der Waals surface area contributed by atoms with Crippen molar-refractivity contribution in [3.63, 3.8) is 0 Å². The van der Waals surface area contributed by atoms with Crippen molar-refractivity contribution < 1.29 is 9.52 Å². The molecule has 0 radical (unpaired) electrons. The fourth-order valence-electron chi connectivity index (χ4n) is 1.61. The molecule has 2 nitrogen and oxygen atoms in total. The monoisotopic (exact) mass is 186 g/mol. The van der Waals surface area contributed by atoms with E-state index in [0.717, 1.165) is 11.0 Å². The Balaban J connectivity index is 2.75. The fraction of sp³-hybridized carbons (Fsp3) is 0.167. The van der Waals surface area contributed by atoms with Crippen molar-refractivity contribution >= 4 is 11.0 Å². The molecule has 2 rings (SSSR count). The first-order chi connectivity index (χ1) is 6.74. The third-order valence-electron chi connectivity index (χ3n) is 2.25. The van der Waals surface area contributed by atoms with Crippen molar-refractivity contribution in [3.05, 3.63) is 35.6 Å². The van der Waals surface area contributed by atoms with Gasteiger partial charge in [0.15, 0.2) is 0 Å². The lowest BCUT2D eigenvalue weighted by molar-refractivity contribution is 0.237. The largest absolute Gasteiger partial charge is 0.461 e. The van der Waals surface area contributed by atoms with Gasteiger partial charge in [-0.2, -0.15) is 0 Å². The molecular weight excluding hydrogens is 176 g/mol. The van der Waals surface area contributed by atoms with Crippen molar-refractivity contribution in [3.8, 4) is 12.3 Å². The predicted molar refractivity (Wildman–Crippen MR) is 54.7 cm³/mol. The van der Waals surface area contributed by atoms with E-state index in [1.165, 1.54) is 0 Å². The average molecular weight is 186 g/mol. The van der Waals surface area contributed by atoms with Crippen LogP contribution in [0, 0.1) is 19.3 Å². The first-order valence-corrected chi connectivity index (χ1v) is 4.36. The molecule has 0 amide bonds. The lowest BCUT2D eigenvalue weighted by Crippen LogP contribution is -1.93. The van der Waals surface area contributed by atoms with E-state index < -0.39 is 6.10 Å². The van der Waals surface area contributed by atoms with E-state index in [1.807, 2.05) is 24.3 Å². The van der Waals surface area contributed by atoms with E-state index in [2.05, 4.69) is 5.92 Å². The summed E-state index contributed by atoms with van der Waals surface area (Å²) >= 11 is 0. The van der Waals surface area contributed by atoms with Crippen molar-refractivity contribution in [2.24, 2.45) is 0 Å². The van der Waals surface area contributed by atoms with Crippen molar-refractivity contribution in [2.45, 2.75) is 13.0 Å². The van der Waals surface area contributed by atoms with Crippen molar-refractivity contribution in [1.82, 2.24) is 0 Å². The van der Waals surface area contributed by atoms with Crippen LogP contribution in [0.25, 0.3) is 11.0 Å². The molecule has 14 heavy (non-hydrogen) atoms. The molecule has 0 bridgehead atoms. The van der Waals surface area contributed by atoms with Gasteiger partial charge in [0.25, 0.3) is 0 Å². The van der Waals surface area contributed by atoms with Crippen LogP contribution < -0.4 is 0 Å². The van der Waals surface area contributed by atoms with Crippen LogP contribution in [0.3, 0.4) is 0 Å². The summed E-state index contributed by atoms with van der Waals surface area (Å²) < 4.78 is 5.47. The second kappa shape index (κ2) is 3.21. The number of hydrogen-bond donors (Lipinski definition) is 1. The number of terminal acetylenes is 1. The minimum Gasteiger partial charge on any atom is -0.461 e. The average Bonchev–Trinajstić information content (AvgIpc) is 2.53. The first-order valence-electron chi connectivity index (χ1n) is 4.36. The Morgan fingerprint density at radius 1 is 1.43 bits per heavy atom. The molecule has 1 heterocycles. The maximum atomic E-state index is 9.60. The molecular formula is C12H10O2. The topological polar surface area (TPSA) is 33.4 Å². The molecule has 1 aromatic carbocycles. The Morgan fingerprint density at radius 3 is 2.86 bits per heavy atom. The van der Waals surface area contributed by atoms with Gasteiger partial charge >= 0.3 is 0 Å². The number of para-hydroxylation sites is 1. The van der Waals surface area contributed by atoms with Crippen LogP contribution in [0.2, 0.25) is 0 Å². The number of benzene rings is 1. The van der Waals surface area contributed by atoms with Gasteiger partial charge in [0, 0.05) is 10.9 Å². The lowest BCUT2D eigenvalue weighted by Gasteiger charge is -2.00. The van der Waals surface area contributed by atoms with Crippen molar-refractivity contribution in [1.29, 1.82) is 0 Å². The maximum Gasteiger partial charge on any atom is 0.143 e. The van der Waals surface area contributed by atoms with E-state index in [-0.39, 0.29) is 0 Å². The molecule has 1 unspecified atom stereocenters. The van der Waals surface area contributed by atoms with E-state index in [0.29, 0.717) is 11.3 Å². The van der Waals surface area contributed by atoms with Crippen LogP contribution in [-0.4, -0.2) is 5.11 Å². The molecule has 70 valence electrons. The van der Waals surface area contributed by atoms with E-state index >= 15 is 0 Å². The Kier molecular flexibility index (Phi) is 2.03. The van der Waals surface area contributed by atoms with Gasteiger partial charge in [0.1, 0.15) is 17.4 Å². The molecule has 0 aliphatic heterocycles. The van der Waals surface area contributed by atoms with Crippen LogP contribution in [-0.2, 0) is 0 Å². The molecule has 0 aliphatic carbocycles. The highest BCUT2D eigenvalue weighted by atomic mass is 16.3. The molecule has 2 aromatic rings. The molecule has 2 heteroatoms. The third-order valence-corrected chi connectivity index (χ3v) is 2.25. The van der Waals surface area contributed by atoms with Gasteiger partial charge < -0.3 is 9.52 Å². The highest BCUT2D eigenvalue weighted by Crippen LogP contribution is 2.29. The number of aliphatic hydroxyl groups excluding tert-OH is 1. The summed E-state index contributed by atoms with van der Waals surface area (Å²) in [6.07, 6.45) is 4.29. The highest BCUT2D eigenvalue weighted by molar-refractivity contribution is 5.82. The quantitative estimate of drug-likeness (QED) is 0.694. The SMILES string of the molecule is C#CC(O)c1c(C)oc2ccccc12. The summed E-state index contributed by atoms with van der Waals surface area (Å²) in [7, 11) is 0. The molecule has 0 fully saturated rings.